The molecule has 0 saturated carbocycles. The van der Waals surface area contributed by atoms with Crippen molar-refractivity contribution in [1.82, 2.24) is 9.88 Å². The molecule has 1 amide bonds. The summed E-state index contributed by atoms with van der Waals surface area (Å²) < 4.78 is 0. The molecule has 1 fully saturated rings. The second kappa shape index (κ2) is 4.66. The summed E-state index contributed by atoms with van der Waals surface area (Å²) >= 11 is 2.86. The number of aliphatic carboxylic acids is 1. The molecule has 2 rings (SSSR count). The molecule has 0 aliphatic carbocycles. The minimum Gasteiger partial charge on any atom is -0.480 e. The number of thiazole rings is 1. The number of nitrogens with zero attached hydrogens (tertiary/aromatic N) is 2. The van der Waals surface area contributed by atoms with Gasteiger partial charge in [0.15, 0.2) is 0 Å². The maximum Gasteiger partial charge on any atom is 0.327 e. The van der Waals surface area contributed by atoms with Crippen LogP contribution < -0.4 is 0 Å². The highest BCUT2D eigenvalue weighted by atomic mass is 32.2. The van der Waals surface area contributed by atoms with E-state index in [4.69, 9.17) is 5.11 Å². The van der Waals surface area contributed by atoms with E-state index in [1.54, 1.807) is 5.38 Å². The molecule has 0 spiro atoms. The first-order chi connectivity index (χ1) is 8.00. The molecular weight excluding hydrogens is 260 g/mol. The predicted molar refractivity (Wildman–Crippen MR) is 66.4 cm³/mol. The maximum atomic E-state index is 12.2. The van der Waals surface area contributed by atoms with Crippen molar-refractivity contribution >= 4 is 35.0 Å². The standard InChI is InChI=1S/C10H12N2O3S2/c1-5-11-7(3-16-5)9(13)12-6(2)17-4-8(12)10(14)15/h3,6,8H,4H2,1-2H3,(H,14,15). The van der Waals surface area contributed by atoms with Crippen molar-refractivity contribution in [2.24, 2.45) is 0 Å². The van der Waals surface area contributed by atoms with Crippen LogP contribution in [0.1, 0.15) is 22.4 Å². The number of amides is 1. The van der Waals surface area contributed by atoms with Crippen LogP contribution in [0.5, 0.6) is 0 Å². The van der Waals surface area contributed by atoms with Gasteiger partial charge in [-0.05, 0) is 13.8 Å². The number of hydrogen-bond donors (Lipinski definition) is 1. The number of carboxylic acids is 1. The third kappa shape index (κ3) is 2.30. The van der Waals surface area contributed by atoms with Gasteiger partial charge in [-0.25, -0.2) is 9.78 Å². The van der Waals surface area contributed by atoms with Crippen LogP contribution in [-0.2, 0) is 4.79 Å². The molecule has 1 N–H and O–H groups in total. The Balaban J connectivity index is 2.25. The van der Waals surface area contributed by atoms with E-state index in [9.17, 15) is 9.59 Å². The van der Waals surface area contributed by atoms with Gasteiger partial charge < -0.3 is 10.0 Å². The van der Waals surface area contributed by atoms with E-state index in [0.717, 1.165) is 5.01 Å². The van der Waals surface area contributed by atoms with Crippen LogP contribution in [0.2, 0.25) is 0 Å². The largest absolute Gasteiger partial charge is 0.480 e. The fraction of sp³-hybridized carbons (Fsp3) is 0.500. The van der Waals surface area contributed by atoms with Crippen molar-refractivity contribution in [2.75, 3.05) is 5.75 Å². The van der Waals surface area contributed by atoms with Crippen molar-refractivity contribution in [3.05, 3.63) is 16.1 Å². The molecule has 0 aromatic carbocycles. The van der Waals surface area contributed by atoms with Gasteiger partial charge in [-0.3, -0.25) is 4.79 Å². The van der Waals surface area contributed by atoms with Gasteiger partial charge in [0.25, 0.3) is 5.91 Å². The van der Waals surface area contributed by atoms with Gasteiger partial charge in [0, 0.05) is 11.1 Å². The van der Waals surface area contributed by atoms with E-state index >= 15 is 0 Å². The fourth-order valence-electron chi connectivity index (χ4n) is 1.74. The van der Waals surface area contributed by atoms with E-state index < -0.39 is 12.0 Å². The second-order valence-corrected chi connectivity index (χ2v) is 6.16. The minimum absolute atomic E-state index is 0.120. The fourth-order valence-corrected chi connectivity index (χ4v) is 3.49. The predicted octanol–water partition coefficient (Wildman–Crippen LogP) is 1.44. The first kappa shape index (κ1) is 12.4. The highest BCUT2D eigenvalue weighted by molar-refractivity contribution is 8.00. The number of carbonyl (C=O) groups excluding carboxylic acids is 1. The molecular formula is C10H12N2O3S2. The van der Waals surface area contributed by atoms with Crippen molar-refractivity contribution in [2.45, 2.75) is 25.3 Å². The summed E-state index contributed by atoms with van der Waals surface area (Å²) in [5, 5.41) is 11.4. The Bertz CT molecular complexity index is 460. The van der Waals surface area contributed by atoms with Crippen molar-refractivity contribution in [3.8, 4) is 0 Å². The SMILES string of the molecule is Cc1nc(C(=O)N2C(C)SCC2C(=O)O)cs1. The zero-order valence-corrected chi connectivity index (χ0v) is 11.0. The number of aryl methyl sites for hydroxylation is 1. The van der Waals surface area contributed by atoms with Crippen LogP contribution in [-0.4, -0.2) is 44.0 Å². The minimum atomic E-state index is -0.956. The number of hydrogen-bond acceptors (Lipinski definition) is 5. The Morgan fingerprint density at radius 3 is 2.82 bits per heavy atom. The monoisotopic (exact) mass is 272 g/mol. The summed E-state index contributed by atoms with van der Waals surface area (Å²) in [5.41, 5.74) is 0.341. The summed E-state index contributed by atoms with van der Waals surface area (Å²) in [6, 6.07) is -0.746. The third-order valence-corrected chi connectivity index (χ3v) is 4.57. The lowest BCUT2D eigenvalue weighted by Crippen LogP contribution is -2.44. The summed E-state index contributed by atoms with van der Waals surface area (Å²) in [4.78, 5) is 28.8. The zero-order chi connectivity index (χ0) is 12.6. The quantitative estimate of drug-likeness (QED) is 0.882. The molecule has 2 heterocycles. The van der Waals surface area contributed by atoms with Crippen molar-refractivity contribution < 1.29 is 14.7 Å². The highest BCUT2D eigenvalue weighted by Gasteiger charge is 2.40. The summed E-state index contributed by atoms with van der Waals surface area (Å²) in [6.45, 7) is 3.66. The van der Waals surface area contributed by atoms with Crippen molar-refractivity contribution in [1.29, 1.82) is 0 Å². The molecule has 1 aliphatic heterocycles. The third-order valence-electron chi connectivity index (χ3n) is 2.58. The molecule has 0 bridgehead atoms. The maximum absolute atomic E-state index is 12.2. The van der Waals surface area contributed by atoms with E-state index in [1.165, 1.54) is 28.0 Å². The topological polar surface area (TPSA) is 70.5 Å². The molecule has 1 aromatic rings. The van der Waals surface area contributed by atoms with E-state index in [-0.39, 0.29) is 11.3 Å². The van der Waals surface area contributed by atoms with Crippen LogP contribution in [0.25, 0.3) is 0 Å². The van der Waals surface area contributed by atoms with E-state index in [0.29, 0.717) is 11.4 Å². The van der Waals surface area contributed by atoms with Gasteiger partial charge in [0.2, 0.25) is 0 Å². The molecule has 7 heteroatoms. The zero-order valence-electron chi connectivity index (χ0n) is 9.41. The number of carboxylic acid groups (broad SMARTS) is 1. The molecule has 2 atom stereocenters. The van der Waals surface area contributed by atoms with Crippen molar-refractivity contribution in [3.63, 3.8) is 0 Å². The van der Waals surface area contributed by atoms with Gasteiger partial charge in [-0.2, -0.15) is 0 Å². The van der Waals surface area contributed by atoms with Crippen LogP contribution in [0.4, 0.5) is 0 Å². The first-order valence-electron chi connectivity index (χ1n) is 5.10. The normalized spacial score (nSPS) is 24.0. The van der Waals surface area contributed by atoms with Gasteiger partial charge in [0.1, 0.15) is 11.7 Å². The molecule has 17 heavy (non-hydrogen) atoms. The summed E-state index contributed by atoms with van der Waals surface area (Å²) in [7, 11) is 0. The Labute approximate surface area is 107 Å². The number of thioether (sulfide) groups is 1. The Morgan fingerprint density at radius 1 is 1.59 bits per heavy atom. The Kier molecular flexibility index (Phi) is 3.39. The Morgan fingerprint density at radius 2 is 2.29 bits per heavy atom. The van der Waals surface area contributed by atoms with Gasteiger partial charge in [-0.1, -0.05) is 0 Å². The van der Waals surface area contributed by atoms with Crippen LogP contribution >= 0.6 is 23.1 Å². The Hall–Kier alpha value is -1.08. The molecule has 1 saturated heterocycles. The molecule has 0 radical (unpaired) electrons. The van der Waals surface area contributed by atoms with E-state index in [1.807, 2.05) is 13.8 Å². The molecule has 5 nitrogen and oxygen atoms in total. The molecule has 92 valence electrons. The average molecular weight is 272 g/mol. The average Bonchev–Trinajstić information content (AvgIpc) is 2.83. The summed E-state index contributed by atoms with van der Waals surface area (Å²) in [6.07, 6.45) is 0. The van der Waals surface area contributed by atoms with Crippen LogP contribution in [0.3, 0.4) is 0 Å². The smallest absolute Gasteiger partial charge is 0.327 e. The molecule has 1 aliphatic rings. The number of rotatable bonds is 2. The summed E-state index contributed by atoms with van der Waals surface area (Å²) in [5.74, 6) is -0.813. The molecule has 2 unspecified atom stereocenters. The lowest BCUT2D eigenvalue weighted by molar-refractivity contribution is -0.141. The highest BCUT2D eigenvalue weighted by Crippen LogP contribution is 2.30. The van der Waals surface area contributed by atoms with Gasteiger partial charge in [0.05, 0.1) is 10.4 Å². The van der Waals surface area contributed by atoms with Gasteiger partial charge in [-0.15, -0.1) is 23.1 Å². The lowest BCUT2D eigenvalue weighted by atomic mass is 10.2. The van der Waals surface area contributed by atoms with E-state index in [2.05, 4.69) is 4.98 Å². The number of aromatic nitrogens is 1. The first-order valence-corrected chi connectivity index (χ1v) is 7.02. The van der Waals surface area contributed by atoms with Crippen LogP contribution in [0.15, 0.2) is 5.38 Å². The lowest BCUT2D eigenvalue weighted by Gasteiger charge is -2.23. The second-order valence-electron chi connectivity index (χ2n) is 3.75. The van der Waals surface area contributed by atoms with Crippen LogP contribution in [0, 0.1) is 6.92 Å². The van der Waals surface area contributed by atoms with Gasteiger partial charge >= 0.3 is 5.97 Å². The molecule has 1 aromatic heterocycles. The number of carbonyl (C=O) groups is 2.